The molecule has 2 aromatic heterocycles. The number of hydrogen-bond donors (Lipinski definition) is 0. The van der Waals surface area contributed by atoms with E-state index in [1.54, 1.807) is 16.8 Å². The summed E-state index contributed by atoms with van der Waals surface area (Å²) in [5.74, 6) is -0.570. The van der Waals surface area contributed by atoms with Crippen LogP contribution in [0.25, 0.3) is 0 Å². The Labute approximate surface area is 126 Å². The molecule has 0 aliphatic rings. The molecule has 0 aliphatic carbocycles. The largest absolute Gasteiger partial charge is 0.468 e. The van der Waals surface area contributed by atoms with Gasteiger partial charge in [0.2, 0.25) is 0 Å². The Morgan fingerprint density at radius 2 is 2.19 bits per heavy atom. The molecule has 2 heterocycles. The zero-order chi connectivity index (χ0) is 15.5. The second kappa shape index (κ2) is 6.44. The van der Waals surface area contributed by atoms with E-state index in [4.69, 9.17) is 0 Å². The molecule has 0 amide bonds. The van der Waals surface area contributed by atoms with Crippen molar-refractivity contribution in [3.8, 4) is 0 Å². The van der Waals surface area contributed by atoms with E-state index in [2.05, 4.69) is 14.7 Å². The number of nitrogens with zero attached hydrogens (tertiary/aromatic N) is 2. The fraction of sp³-hybridized carbons (Fsp3) is 0.250. The van der Waals surface area contributed by atoms with Crippen LogP contribution in [0.5, 0.6) is 0 Å². The van der Waals surface area contributed by atoms with Crippen LogP contribution in [0.2, 0.25) is 0 Å². The molecule has 2 rings (SSSR count). The minimum Gasteiger partial charge on any atom is -0.468 e. The van der Waals surface area contributed by atoms with Gasteiger partial charge >= 0.3 is 12.1 Å². The van der Waals surface area contributed by atoms with Crippen molar-refractivity contribution in [3.63, 3.8) is 0 Å². The van der Waals surface area contributed by atoms with Gasteiger partial charge in [-0.3, -0.25) is 4.79 Å². The number of esters is 1. The molecule has 1 atom stereocenters. The molecule has 2 aromatic rings. The first-order valence-corrected chi connectivity index (χ1v) is 7.41. The van der Waals surface area contributed by atoms with E-state index < -0.39 is 23.1 Å². The first kappa shape index (κ1) is 15.8. The molecule has 0 bridgehead atoms. The summed E-state index contributed by atoms with van der Waals surface area (Å²) in [6.45, 7) is 0. The molecule has 21 heavy (non-hydrogen) atoms. The van der Waals surface area contributed by atoms with Crippen molar-refractivity contribution >= 4 is 29.1 Å². The van der Waals surface area contributed by atoms with E-state index in [9.17, 15) is 18.0 Å². The molecule has 112 valence electrons. The smallest absolute Gasteiger partial charge is 0.433 e. The number of methoxy groups -OCH3 is 1. The van der Waals surface area contributed by atoms with E-state index in [1.807, 2.05) is 0 Å². The van der Waals surface area contributed by atoms with Crippen molar-refractivity contribution in [3.05, 3.63) is 40.3 Å². The van der Waals surface area contributed by atoms with E-state index in [1.165, 1.54) is 18.4 Å². The number of thioether (sulfide) groups is 1. The quantitative estimate of drug-likeness (QED) is 0.486. The monoisotopic (exact) mass is 334 g/mol. The molecule has 0 unspecified atom stereocenters. The third kappa shape index (κ3) is 3.94. The second-order valence-electron chi connectivity index (χ2n) is 3.80. The summed E-state index contributed by atoms with van der Waals surface area (Å²) in [5.41, 5.74) is -0.410. The molecule has 0 aromatic carbocycles. The normalized spacial score (nSPS) is 13.0. The van der Waals surface area contributed by atoms with Crippen molar-refractivity contribution < 1.29 is 22.7 Å². The fourth-order valence-corrected chi connectivity index (χ4v) is 3.18. The van der Waals surface area contributed by atoms with Crippen molar-refractivity contribution in [2.45, 2.75) is 16.6 Å². The van der Waals surface area contributed by atoms with Crippen LogP contribution in [-0.4, -0.2) is 23.0 Å². The molecular formula is C12H9F3N2O2S2. The average molecular weight is 334 g/mol. The van der Waals surface area contributed by atoms with Crippen LogP contribution < -0.4 is 0 Å². The number of aromatic nitrogens is 2. The zero-order valence-corrected chi connectivity index (χ0v) is 12.3. The number of alkyl halides is 3. The summed E-state index contributed by atoms with van der Waals surface area (Å²) in [4.78, 5) is 19.0. The van der Waals surface area contributed by atoms with Crippen LogP contribution in [0.15, 0.2) is 34.2 Å². The highest BCUT2D eigenvalue weighted by molar-refractivity contribution is 8.00. The number of halogens is 3. The Hall–Kier alpha value is -1.61. The van der Waals surface area contributed by atoms with Crippen LogP contribution in [0.4, 0.5) is 13.2 Å². The van der Waals surface area contributed by atoms with Gasteiger partial charge in [0, 0.05) is 6.20 Å². The molecule has 0 fully saturated rings. The molecule has 0 spiro atoms. The van der Waals surface area contributed by atoms with Crippen molar-refractivity contribution in [2.24, 2.45) is 0 Å². The molecule has 0 N–H and O–H groups in total. The van der Waals surface area contributed by atoms with Gasteiger partial charge in [0.15, 0.2) is 5.16 Å². The fourth-order valence-electron chi connectivity index (χ4n) is 1.44. The SMILES string of the molecule is COC(=O)[C@H](Sc1nccc(C(F)(F)F)n1)c1ccsc1. The number of carbonyl (C=O) groups is 1. The summed E-state index contributed by atoms with van der Waals surface area (Å²) in [5, 5.41) is 2.55. The lowest BCUT2D eigenvalue weighted by Gasteiger charge is -2.12. The van der Waals surface area contributed by atoms with Gasteiger partial charge in [-0.25, -0.2) is 9.97 Å². The Morgan fingerprint density at radius 1 is 1.43 bits per heavy atom. The maximum absolute atomic E-state index is 12.6. The molecular weight excluding hydrogens is 325 g/mol. The van der Waals surface area contributed by atoms with Crippen LogP contribution in [0.1, 0.15) is 16.5 Å². The minimum atomic E-state index is -4.55. The van der Waals surface area contributed by atoms with Gasteiger partial charge in [0.25, 0.3) is 0 Å². The van der Waals surface area contributed by atoms with Crippen molar-refractivity contribution in [2.75, 3.05) is 7.11 Å². The third-order valence-corrected chi connectivity index (χ3v) is 4.22. The minimum absolute atomic E-state index is 0.133. The maximum Gasteiger partial charge on any atom is 0.433 e. The number of ether oxygens (including phenoxy) is 1. The van der Waals surface area contributed by atoms with Gasteiger partial charge in [0.1, 0.15) is 10.9 Å². The van der Waals surface area contributed by atoms with Crippen LogP contribution >= 0.6 is 23.1 Å². The highest BCUT2D eigenvalue weighted by atomic mass is 32.2. The Bertz CT molecular complexity index is 617. The molecule has 0 radical (unpaired) electrons. The molecule has 4 nitrogen and oxygen atoms in total. The van der Waals surface area contributed by atoms with Gasteiger partial charge in [-0.1, -0.05) is 11.8 Å². The van der Waals surface area contributed by atoms with Gasteiger partial charge in [-0.2, -0.15) is 24.5 Å². The number of carbonyl (C=O) groups excluding carboxylic acids is 1. The summed E-state index contributed by atoms with van der Waals surface area (Å²) in [7, 11) is 1.22. The van der Waals surface area contributed by atoms with Crippen molar-refractivity contribution in [1.82, 2.24) is 9.97 Å². The Balaban J connectivity index is 2.27. The van der Waals surface area contributed by atoms with E-state index >= 15 is 0 Å². The molecule has 0 aliphatic heterocycles. The van der Waals surface area contributed by atoms with Crippen LogP contribution in [0, 0.1) is 0 Å². The lowest BCUT2D eigenvalue weighted by molar-refractivity contribution is -0.141. The number of thiophene rings is 1. The molecule has 0 saturated heterocycles. The second-order valence-corrected chi connectivity index (χ2v) is 5.65. The first-order chi connectivity index (χ1) is 9.91. The highest BCUT2D eigenvalue weighted by Crippen LogP contribution is 2.36. The molecule has 9 heteroatoms. The lowest BCUT2D eigenvalue weighted by Crippen LogP contribution is -2.12. The Morgan fingerprint density at radius 3 is 2.76 bits per heavy atom. The number of rotatable bonds is 4. The van der Waals surface area contributed by atoms with Crippen LogP contribution in [0.3, 0.4) is 0 Å². The highest BCUT2D eigenvalue weighted by Gasteiger charge is 2.33. The molecule has 0 saturated carbocycles. The summed E-state index contributed by atoms with van der Waals surface area (Å²) in [6, 6.07) is 2.48. The lowest BCUT2D eigenvalue weighted by atomic mass is 10.2. The Kier molecular flexibility index (Phi) is 4.84. The predicted octanol–water partition coefficient (Wildman–Crippen LogP) is 3.56. The topological polar surface area (TPSA) is 52.1 Å². The van der Waals surface area contributed by atoms with E-state index in [0.29, 0.717) is 5.56 Å². The average Bonchev–Trinajstić information content (AvgIpc) is 2.97. The maximum atomic E-state index is 12.6. The van der Waals surface area contributed by atoms with Gasteiger partial charge in [0.05, 0.1) is 7.11 Å². The van der Waals surface area contributed by atoms with Crippen molar-refractivity contribution in [1.29, 1.82) is 0 Å². The number of hydrogen-bond acceptors (Lipinski definition) is 6. The standard InChI is InChI=1S/C12H9F3N2O2S2/c1-19-10(18)9(7-3-5-20-6-7)21-11-16-4-2-8(17-11)12(13,14)15/h2-6,9H,1H3/t9-/m1/s1. The predicted molar refractivity (Wildman–Crippen MR) is 72.0 cm³/mol. The summed E-state index contributed by atoms with van der Waals surface area (Å²) >= 11 is 2.19. The van der Waals surface area contributed by atoms with Crippen LogP contribution in [-0.2, 0) is 15.7 Å². The first-order valence-electron chi connectivity index (χ1n) is 5.58. The zero-order valence-electron chi connectivity index (χ0n) is 10.6. The summed E-state index contributed by atoms with van der Waals surface area (Å²) < 4.78 is 42.5. The van der Waals surface area contributed by atoms with Gasteiger partial charge < -0.3 is 4.74 Å². The van der Waals surface area contributed by atoms with E-state index in [0.717, 1.165) is 24.0 Å². The third-order valence-electron chi connectivity index (χ3n) is 2.41. The van der Waals surface area contributed by atoms with Gasteiger partial charge in [-0.15, -0.1) is 0 Å². The van der Waals surface area contributed by atoms with Gasteiger partial charge in [-0.05, 0) is 28.5 Å². The van der Waals surface area contributed by atoms with E-state index in [-0.39, 0.29) is 5.16 Å². The summed E-state index contributed by atoms with van der Waals surface area (Å²) in [6.07, 6.45) is -3.54.